The molecule has 3 atom stereocenters. The topological polar surface area (TPSA) is 78.5 Å². The molecule has 2 N–H and O–H groups in total. The van der Waals surface area contributed by atoms with E-state index >= 15 is 0 Å². The normalized spacial score (nSPS) is 21.4. The molecule has 7 heteroatoms. The molecule has 0 radical (unpaired) electrons. The Balaban J connectivity index is 1.76. The van der Waals surface area contributed by atoms with Crippen molar-refractivity contribution in [2.24, 2.45) is 11.8 Å². The number of hydrogen-bond acceptors (Lipinski definition) is 3. The lowest BCUT2D eigenvalue weighted by Crippen LogP contribution is -2.67. The molecule has 2 aliphatic rings. The van der Waals surface area contributed by atoms with Gasteiger partial charge in [0.25, 0.3) is 0 Å². The van der Waals surface area contributed by atoms with Gasteiger partial charge in [-0.3, -0.25) is 14.4 Å². The zero-order chi connectivity index (χ0) is 26.2. The van der Waals surface area contributed by atoms with E-state index in [4.69, 9.17) is 11.6 Å². The third-order valence-electron chi connectivity index (χ3n) is 6.92. The van der Waals surface area contributed by atoms with Crippen molar-refractivity contribution in [1.82, 2.24) is 15.5 Å². The Morgan fingerprint density at radius 2 is 1.64 bits per heavy atom. The van der Waals surface area contributed by atoms with Gasteiger partial charge in [0.1, 0.15) is 18.1 Å². The third-order valence-corrected chi connectivity index (χ3v) is 7.17. The Bertz CT molecular complexity index is 1110. The molecule has 3 amide bonds. The first kappa shape index (κ1) is 26.2. The van der Waals surface area contributed by atoms with Crippen molar-refractivity contribution < 1.29 is 14.4 Å². The van der Waals surface area contributed by atoms with E-state index in [1.54, 1.807) is 29.2 Å². The molecule has 36 heavy (non-hydrogen) atoms. The van der Waals surface area contributed by atoms with Crippen LogP contribution in [0.4, 0.5) is 0 Å². The highest BCUT2D eigenvalue weighted by Crippen LogP contribution is 2.35. The molecule has 0 saturated carbocycles. The standard InChI is InChI=1S/C29H36ClN3O3/c1-17(2)14-23-26(34)31-24(21-15-19-8-6-7-9-20(19)16-21)28(36)33(23)25(27(35)32-29(3,4)5)18-10-12-22(30)13-11-18/h6-13,17,21,23-25H,14-16H2,1-5H3,(H,31,34)(H,32,35). The molecule has 1 heterocycles. The SMILES string of the molecule is CC(C)CC1C(=O)NC(C2Cc3ccccc3C2)C(=O)N1C(C(=O)NC(C)(C)C)c1ccc(Cl)cc1. The molecule has 0 bridgehead atoms. The van der Waals surface area contributed by atoms with Crippen molar-refractivity contribution in [3.8, 4) is 0 Å². The van der Waals surface area contributed by atoms with Crippen molar-refractivity contribution in [2.45, 2.75) is 77.5 Å². The van der Waals surface area contributed by atoms with Gasteiger partial charge in [-0.05, 0) is 80.7 Å². The summed E-state index contributed by atoms with van der Waals surface area (Å²) in [4.78, 5) is 43.1. The van der Waals surface area contributed by atoms with E-state index in [0.717, 1.165) is 12.8 Å². The number of nitrogens with one attached hydrogen (secondary N) is 2. The van der Waals surface area contributed by atoms with Crippen LogP contribution in [0.3, 0.4) is 0 Å². The summed E-state index contributed by atoms with van der Waals surface area (Å²) in [5.74, 6) is -0.623. The van der Waals surface area contributed by atoms with E-state index in [9.17, 15) is 14.4 Å². The van der Waals surface area contributed by atoms with Crippen LogP contribution in [0.2, 0.25) is 5.02 Å². The van der Waals surface area contributed by atoms with Gasteiger partial charge in [0.2, 0.25) is 17.7 Å². The van der Waals surface area contributed by atoms with Crippen LogP contribution in [0.15, 0.2) is 48.5 Å². The van der Waals surface area contributed by atoms with E-state index in [-0.39, 0.29) is 29.6 Å². The number of amides is 3. The number of benzene rings is 2. The molecule has 2 aromatic carbocycles. The number of nitrogens with zero attached hydrogens (tertiary/aromatic N) is 1. The zero-order valence-corrected chi connectivity index (χ0v) is 22.4. The quantitative estimate of drug-likeness (QED) is 0.603. The maximum atomic E-state index is 14.3. The first-order valence-electron chi connectivity index (χ1n) is 12.7. The Kier molecular flexibility index (Phi) is 7.46. The first-order chi connectivity index (χ1) is 16.9. The molecule has 1 saturated heterocycles. The lowest BCUT2D eigenvalue weighted by Gasteiger charge is -2.45. The minimum atomic E-state index is -0.949. The molecule has 6 nitrogen and oxygen atoms in total. The second-order valence-electron chi connectivity index (χ2n) is 11.5. The van der Waals surface area contributed by atoms with Gasteiger partial charge >= 0.3 is 0 Å². The van der Waals surface area contributed by atoms with Crippen molar-refractivity contribution in [3.05, 3.63) is 70.2 Å². The van der Waals surface area contributed by atoms with Crippen molar-refractivity contribution in [2.75, 3.05) is 0 Å². The summed E-state index contributed by atoms with van der Waals surface area (Å²) in [6.45, 7) is 9.74. The zero-order valence-electron chi connectivity index (χ0n) is 21.7. The molecule has 0 aromatic heterocycles. The van der Waals surface area contributed by atoms with Gasteiger partial charge < -0.3 is 15.5 Å². The molecule has 1 fully saturated rings. The number of carbonyl (C=O) groups excluding carboxylic acids is 3. The molecular weight excluding hydrogens is 474 g/mol. The van der Waals surface area contributed by atoms with E-state index in [1.165, 1.54) is 11.1 Å². The van der Waals surface area contributed by atoms with E-state index in [0.29, 0.717) is 17.0 Å². The fraction of sp³-hybridized carbons (Fsp3) is 0.483. The Morgan fingerprint density at radius 3 is 2.17 bits per heavy atom. The van der Waals surface area contributed by atoms with Crippen LogP contribution in [0, 0.1) is 11.8 Å². The highest BCUT2D eigenvalue weighted by atomic mass is 35.5. The maximum Gasteiger partial charge on any atom is 0.247 e. The predicted octanol–water partition coefficient (Wildman–Crippen LogP) is 4.45. The Labute approximate surface area is 218 Å². The van der Waals surface area contributed by atoms with Gasteiger partial charge in [-0.2, -0.15) is 0 Å². The van der Waals surface area contributed by atoms with Gasteiger partial charge in [0.05, 0.1) is 0 Å². The van der Waals surface area contributed by atoms with Crippen LogP contribution in [0.5, 0.6) is 0 Å². The maximum absolute atomic E-state index is 14.3. The summed E-state index contributed by atoms with van der Waals surface area (Å²) >= 11 is 6.15. The molecular formula is C29H36ClN3O3. The van der Waals surface area contributed by atoms with Crippen LogP contribution >= 0.6 is 11.6 Å². The van der Waals surface area contributed by atoms with Gasteiger partial charge in [-0.25, -0.2) is 0 Å². The Hall–Kier alpha value is -2.86. The second kappa shape index (κ2) is 10.3. The van der Waals surface area contributed by atoms with Crippen LogP contribution in [-0.4, -0.2) is 40.2 Å². The lowest BCUT2D eigenvalue weighted by molar-refractivity contribution is -0.158. The molecule has 0 spiro atoms. The van der Waals surface area contributed by atoms with Crippen LogP contribution in [-0.2, 0) is 27.2 Å². The number of carbonyl (C=O) groups is 3. The van der Waals surface area contributed by atoms with Crippen molar-refractivity contribution >= 4 is 29.3 Å². The van der Waals surface area contributed by atoms with Crippen LogP contribution < -0.4 is 10.6 Å². The van der Waals surface area contributed by atoms with E-state index in [2.05, 4.69) is 22.8 Å². The number of piperazine rings is 1. The average molecular weight is 510 g/mol. The smallest absolute Gasteiger partial charge is 0.247 e. The number of rotatable bonds is 6. The van der Waals surface area contributed by atoms with Gasteiger partial charge in [0, 0.05) is 10.6 Å². The molecule has 2 aromatic rings. The number of halogens is 1. The van der Waals surface area contributed by atoms with Crippen LogP contribution in [0.1, 0.15) is 63.8 Å². The van der Waals surface area contributed by atoms with Gasteiger partial charge in [-0.15, -0.1) is 0 Å². The second-order valence-corrected chi connectivity index (χ2v) is 11.9. The largest absolute Gasteiger partial charge is 0.349 e. The highest BCUT2D eigenvalue weighted by Gasteiger charge is 2.49. The first-order valence-corrected chi connectivity index (χ1v) is 13.1. The van der Waals surface area contributed by atoms with Crippen LogP contribution in [0.25, 0.3) is 0 Å². The van der Waals surface area contributed by atoms with Gasteiger partial charge in [-0.1, -0.05) is 61.8 Å². The average Bonchev–Trinajstić information content (AvgIpc) is 3.22. The number of hydrogen-bond donors (Lipinski definition) is 2. The Morgan fingerprint density at radius 1 is 1.06 bits per heavy atom. The third kappa shape index (κ3) is 5.59. The lowest BCUT2D eigenvalue weighted by atomic mass is 9.87. The minimum absolute atomic E-state index is 0.0575. The summed E-state index contributed by atoms with van der Waals surface area (Å²) in [5.41, 5.74) is 2.54. The highest BCUT2D eigenvalue weighted by molar-refractivity contribution is 6.30. The summed E-state index contributed by atoms with van der Waals surface area (Å²) < 4.78 is 0. The summed E-state index contributed by atoms with van der Waals surface area (Å²) in [5, 5.41) is 6.63. The molecule has 3 unspecified atom stereocenters. The summed E-state index contributed by atoms with van der Waals surface area (Å²) in [6.07, 6.45) is 1.90. The molecule has 192 valence electrons. The fourth-order valence-corrected chi connectivity index (χ4v) is 5.52. The minimum Gasteiger partial charge on any atom is -0.349 e. The fourth-order valence-electron chi connectivity index (χ4n) is 5.40. The van der Waals surface area contributed by atoms with Crippen molar-refractivity contribution in [3.63, 3.8) is 0 Å². The summed E-state index contributed by atoms with van der Waals surface area (Å²) in [7, 11) is 0. The summed E-state index contributed by atoms with van der Waals surface area (Å²) in [6, 6.07) is 12.7. The molecule has 4 rings (SSSR count). The number of fused-ring (bicyclic) bond motifs is 1. The van der Waals surface area contributed by atoms with Crippen molar-refractivity contribution in [1.29, 1.82) is 0 Å². The predicted molar refractivity (Wildman–Crippen MR) is 141 cm³/mol. The molecule has 1 aliphatic heterocycles. The van der Waals surface area contributed by atoms with E-state index < -0.39 is 23.7 Å². The van der Waals surface area contributed by atoms with E-state index in [1.807, 2.05) is 46.8 Å². The molecule has 1 aliphatic carbocycles. The van der Waals surface area contributed by atoms with Gasteiger partial charge in [0.15, 0.2) is 0 Å². The monoisotopic (exact) mass is 509 g/mol.